The number of phenolic OH excluding ortho intramolecular Hbond substituents is 1. The van der Waals surface area contributed by atoms with Crippen LogP contribution in [0.4, 0.5) is 5.69 Å². The summed E-state index contributed by atoms with van der Waals surface area (Å²) in [6, 6.07) is 16.9. The number of nitrogens with zero attached hydrogens (tertiary/aromatic N) is 3. The van der Waals surface area contributed by atoms with Crippen molar-refractivity contribution in [3.05, 3.63) is 72.1 Å². The first kappa shape index (κ1) is 14.5. The van der Waals surface area contributed by atoms with E-state index >= 15 is 0 Å². The second kappa shape index (κ2) is 5.85. The summed E-state index contributed by atoms with van der Waals surface area (Å²) < 4.78 is 0. The summed E-state index contributed by atoms with van der Waals surface area (Å²) >= 11 is 0. The zero-order chi connectivity index (χ0) is 16.5. The summed E-state index contributed by atoms with van der Waals surface area (Å²) in [5.74, 6) is 0.910. The van der Waals surface area contributed by atoms with Crippen LogP contribution < -0.4 is 4.90 Å². The molecule has 2 aliphatic heterocycles. The smallest absolute Gasteiger partial charge is 0.275 e. The Kier molecular flexibility index (Phi) is 3.54. The fourth-order valence-electron chi connectivity index (χ4n) is 2.97. The second-order valence-electron chi connectivity index (χ2n) is 5.90. The molecule has 1 N–H and O–H groups in total. The highest BCUT2D eigenvalue weighted by Gasteiger charge is 2.33. The number of hydrogen-bond donors (Lipinski definition) is 1. The number of amides is 1. The highest BCUT2D eigenvalue weighted by Crippen LogP contribution is 2.25. The monoisotopic (exact) mass is 319 g/mol. The van der Waals surface area contributed by atoms with Crippen molar-refractivity contribution in [1.82, 2.24) is 4.90 Å². The van der Waals surface area contributed by atoms with Crippen LogP contribution >= 0.6 is 0 Å². The topological polar surface area (TPSA) is 56.1 Å². The van der Waals surface area contributed by atoms with E-state index in [-0.39, 0.29) is 11.7 Å². The van der Waals surface area contributed by atoms with Gasteiger partial charge in [-0.3, -0.25) is 9.69 Å². The molecule has 24 heavy (non-hydrogen) atoms. The second-order valence-corrected chi connectivity index (χ2v) is 5.90. The van der Waals surface area contributed by atoms with Crippen molar-refractivity contribution in [2.45, 2.75) is 6.42 Å². The van der Waals surface area contributed by atoms with Crippen molar-refractivity contribution in [3.8, 4) is 5.75 Å². The van der Waals surface area contributed by atoms with Gasteiger partial charge in [0.15, 0.2) is 0 Å². The first-order valence-electron chi connectivity index (χ1n) is 7.88. The number of benzene rings is 2. The Morgan fingerprint density at radius 2 is 1.79 bits per heavy atom. The van der Waals surface area contributed by atoms with Crippen molar-refractivity contribution in [1.29, 1.82) is 0 Å². The van der Waals surface area contributed by atoms with E-state index in [1.165, 1.54) is 0 Å². The number of fused-ring (bicyclic) bond motifs is 1. The fraction of sp³-hybridized carbons (Fsp3) is 0.158. The lowest BCUT2D eigenvalue weighted by molar-refractivity contribution is -0.121. The number of aromatic hydroxyl groups is 1. The van der Waals surface area contributed by atoms with Crippen LogP contribution in [0.5, 0.6) is 5.75 Å². The molecule has 5 heteroatoms. The Hall–Kier alpha value is -3.08. The SMILES string of the molecule is O=C1C(Cc2ccc(O)cc2)=NC2=CCN(c3ccccc3)CN12. The zero-order valence-corrected chi connectivity index (χ0v) is 13.1. The van der Waals surface area contributed by atoms with Crippen molar-refractivity contribution in [2.75, 3.05) is 18.1 Å². The van der Waals surface area contributed by atoms with Gasteiger partial charge in [-0.15, -0.1) is 0 Å². The Bertz CT molecular complexity index is 825. The molecule has 0 spiro atoms. The number of carbonyl (C=O) groups is 1. The number of para-hydroxylation sites is 1. The van der Waals surface area contributed by atoms with Crippen LogP contribution in [0, 0.1) is 0 Å². The maximum absolute atomic E-state index is 12.7. The predicted molar refractivity (Wildman–Crippen MR) is 92.8 cm³/mol. The molecule has 2 heterocycles. The summed E-state index contributed by atoms with van der Waals surface area (Å²) in [5, 5.41) is 9.36. The molecule has 0 aliphatic carbocycles. The van der Waals surface area contributed by atoms with E-state index in [4.69, 9.17) is 0 Å². The van der Waals surface area contributed by atoms with Gasteiger partial charge in [-0.2, -0.15) is 0 Å². The first-order chi connectivity index (χ1) is 11.7. The molecule has 0 saturated heterocycles. The molecule has 2 aromatic rings. The van der Waals surface area contributed by atoms with Gasteiger partial charge in [0.1, 0.15) is 24.0 Å². The van der Waals surface area contributed by atoms with Gasteiger partial charge in [0, 0.05) is 18.7 Å². The average molecular weight is 319 g/mol. The largest absolute Gasteiger partial charge is 0.508 e. The molecule has 0 aromatic heterocycles. The third-order valence-electron chi connectivity index (χ3n) is 4.25. The molecular weight excluding hydrogens is 302 g/mol. The zero-order valence-electron chi connectivity index (χ0n) is 13.1. The van der Waals surface area contributed by atoms with E-state index in [0.29, 0.717) is 18.8 Å². The minimum atomic E-state index is -0.0463. The van der Waals surface area contributed by atoms with Gasteiger partial charge < -0.3 is 10.0 Å². The molecule has 1 amide bonds. The number of phenols is 1. The molecule has 120 valence electrons. The van der Waals surface area contributed by atoms with E-state index in [1.807, 2.05) is 48.5 Å². The van der Waals surface area contributed by atoms with Crippen LogP contribution in [0.3, 0.4) is 0 Å². The normalized spacial score (nSPS) is 16.8. The van der Waals surface area contributed by atoms with Crippen LogP contribution in [0.1, 0.15) is 5.56 Å². The molecule has 4 rings (SSSR count). The first-order valence-corrected chi connectivity index (χ1v) is 7.88. The molecule has 2 aliphatic rings. The summed E-state index contributed by atoms with van der Waals surface area (Å²) in [4.78, 5) is 21.0. The minimum absolute atomic E-state index is 0.0463. The molecule has 0 fully saturated rings. The van der Waals surface area contributed by atoms with Crippen molar-refractivity contribution in [2.24, 2.45) is 4.99 Å². The Morgan fingerprint density at radius 1 is 1.04 bits per heavy atom. The average Bonchev–Trinajstić information content (AvgIpc) is 2.93. The highest BCUT2D eigenvalue weighted by molar-refractivity contribution is 6.41. The van der Waals surface area contributed by atoms with Crippen molar-refractivity contribution in [3.63, 3.8) is 0 Å². The van der Waals surface area contributed by atoms with E-state index in [0.717, 1.165) is 23.6 Å². The van der Waals surface area contributed by atoms with Gasteiger partial charge in [0.05, 0.1) is 0 Å². The predicted octanol–water partition coefficient (Wildman–Crippen LogP) is 2.54. The van der Waals surface area contributed by atoms with Crippen molar-refractivity contribution >= 4 is 17.3 Å². The molecule has 0 radical (unpaired) electrons. The quantitative estimate of drug-likeness (QED) is 0.946. The van der Waals surface area contributed by atoms with Crippen LogP contribution in [0.25, 0.3) is 0 Å². The fourth-order valence-corrected chi connectivity index (χ4v) is 2.97. The highest BCUT2D eigenvalue weighted by atomic mass is 16.3. The standard InChI is InChI=1S/C19H17N3O2/c23-16-8-6-14(7-9-16)12-17-19(24)22-13-21(11-10-18(22)20-17)15-4-2-1-3-5-15/h1-10,23H,11-13H2. The lowest BCUT2D eigenvalue weighted by Crippen LogP contribution is -2.43. The van der Waals surface area contributed by atoms with Crippen molar-refractivity contribution < 1.29 is 9.90 Å². The number of carbonyl (C=O) groups excluding carboxylic acids is 1. The Balaban J connectivity index is 1.51. The Labute approximate surface area is 140 Å². The maximum Gasteiger partial charge on any atom is 0.275 e. The number of rotatable bonds is 3. The summed E-state index contributed by atoms with van der Waals surface area (Å²) in [7, 11) is 0. The minimum Gasteiger partial charge on any atom is -0.508 e. The number of aliphatic imine (C=N–C) groups is 1. The number of hydrogen-bond acceptors (Lipinski definition) is 4. The molecule has 5 nitrogen and oxygen atoms in total. The molecule has 0 saturated carbocycles. The molecule has 0 unspecified atom stereocenters. The van der Waals surface area contributed by atoms with Gasteiger partial charge in [0.25, 0.3) is 5.91 Å². The lowest BCUT2D eigenvalue weighted by atomic mass is 10.1. The molecule has 0 bridgehead atoms. The van der Waals surface area contributed by atoms with Gasteiger partial charge in [-0.05, 0) is 35.9 Å². The third kappa shape index (κ3) is 2.65. The molecular formula is C19H17N3O2. The summed E-state index contributed by atoms with van der Waals surface area (Å²) in [5.41, 5.74) is 2.59. The lowest BCUT2D eigenvalue weighted by Gasteiger charge is -2.32. The van der Waals surface area contributed by atoms with E-state index in [1.54, 1.807) is 17.0 Å². The van der Waals surface area contributed by atoms with E-state index in [2.05, 4.69) is 9.89 Å². The molecule has 0 atom stereocenters. The van der Waals surface area contributed by atoms with Crippen LogP contribution in [-0.2, 0) is 11.2 Å². The van der Waals surface area contributed by atoms with Gasteiger partial charge in [0.2, 0.25) is 0 Å². The van der Waals surface area contributed by atoms with Crippen LogP contribution in [0.15, 0.2) is 71.5 Å². The summed E-state index contributed by atoms with van der Waals surface area (Å²) in [6.07, 6.45) is 2.45. The Morgan fingerprint density at radius 3 is 2.54 bits per heavy atom. The van der Waals surface area contributed by atoms with E-state index in [9.17, 15) is 9.90 Å². The number of anilines is 1. The maximum atomic E-state index is 12.7. The van der Waals surface area contributed by atoms with E-state index < -0.39 is 0 Å². The molecule has 2 aromatic carbocycles. The van der Waals surface area contributed by atoms with Gasteiger partial charge >= 0.3 is 0 Å². The van der Waals surface area contributed by atoms with Gasteiger partial charge in [-0.25, -0.2) is 4.99 Å². The summed E-state index contributed by atoms with van der Waals surface area (Å²) in [6.45, 7) is 1.25. The van der Waals surface area contributed by atoms with Gasteiger partial charge in [-0.1, -0.05) is 30.3 Å². The third-order valence-corrected chi connectivity index (χ3v) is 4.25. The van der Waals surface area contributed by atoms with Crippen LogP contribution in [-0.4, -0.2) is 34.8 Å². The van der Waals surface area contributed by atoms with Crippen LogP contribution in [0.2, 0.25) is 0 Å².